The molecule has 0 aliphatic rings. The molecule has 16 heteroatoms. The number of halogens is 1. The van der Waals surface area contributed by atoms with Gasteiger partial charge in [0.05, 0.1) is 12.8 Å². The van der Waals surface area contributed by atoms with Crippen molar-refractivity contribution < 1.29 is 58.1 Å². The third-order valence-corrected chi connectivity index (χ3v) is 4.82. The minimum absolute atomic E-state index is 0.485. The minimum Gasteiger partial charge on any atom is -0.481 e. The molecule has 15 nitrogen and oxygen atoms in total. The van der Waals surface area contributed by atoms with Crippen molar-refractivity contribution in [3.63, 3.8) is 0 Å². The van der Waals surface area contributed by atoms with Crippen LogP contribution in [-0.2, 0) is 38.4 Å². The zero-order chi connectivity index (χ0) is 28.9. The Morgan fingerprint density at radius 3 is 1.59 bits per heavy atom. The standard InChI is InChI=1S/C21H31FN4O11/c1-9(2)18(21(37)25-12(6-16(31)32)14(28)8-22)26-19(35)11(4-5-15(29)30)24-20(36)13(7-17(33)34)23-10(3)27/h9,11-13,18H,4-8H2,1-3H3,(H,23,27)(H,24,36)(H,25,37)(H,26,35)(H,29,30)(H,31,32)(H,33,34)/t11-,12-,13-,18-/m0/s1. The van der Waals surface area contributed by atoms with Crippen molar-refractivity contribution >= 4 is 47.3 Å². The van der Waals surface area contributed by atoms with Crippen LogP contribution in [0.3, 0.4) is 0 Å². The van der Waals surface area contributed by atoms with E-state index in [4.69, 9.17) is 15.3 Å². The maximum absolute atomic E-state index is 12.9. The predicted octanol–water partition coefficient (Wildman–Crippen LogP) is -2.05. The van der Waals surface area contributed by atoms with Crippen LogP contribution in [0.15, 0.2) is 0 Å². The van der Waals surface area contributed by atoms with E-state index in [1.54, 1.807) is 0 Å². The van der Waals surface area contributed by atoms with Crippen molar-refractivity contribution in [2.24, 2.45) is 5.92 Å². The molecule has 0 saturated carbocycles. The Morgan fingerprint density at radius 1 is 0.676 bits per heavy atom. The van der Waals surface area contributed by atoms with E-state index in [-0.39, 0.29) is 0 Å². The molecule has 37 heavy (non-hydrogen) atoms. The Labute approximate surface area is 210 Å². The van der Waals surface area contributed by atoms with Crippen molar-refractivity contribution in [2.75, 3.05) is 6.67 Å². The van der Waals surface area contributed by atoms with E-state index in [1.165, 1.54) is 13.8 Å². The zero-order valence-corrected chi connectivity index (χ0v) is 20.4. The predicted molar refractivity (Wildman–Crippen MR) is 121 cm³/mol. The summed E-state index contributed by atoms with van der Waals surface area (Å²) in [6.45, 7) is 2.41. The van der Waals surface area contributed by atoms with Crippen LogP contribution in [-0.4, -0.2) is 93.5 Å². The Bertz CT molecular complexity index is 893. The van der Waals surface area contributed by atoms with Gasteiger partial charge in [-0.15, -0.1) is 0 Å². The number of nitrogens with one attached hydrogen (secondary N) is 4. The molecule has 4 atom stereocenters. The molecule has 0 aliphatic carbocycles. The molecule has 0 spiro atoms. The SMILES string of the molecule is CC(=O)N[C@@H](CC(=O)O)C(=O)N[C@@H](CCC(=O)O)C(=O)N[C@H](C(=O)N[C@@H](CC(=O)O)C(=O)CF)C(C)C. The Hall–Kier alpha value is -4.11. The van der Waals surface area contributed by atoms with Crippen LogP contribution in [0.25, 0.3) is 0 Å². The highest BCUT2D eigenvalue weighted by Gasteiger charge is 2.33. The van der Waals surface area contributed by atoms with Crippen LogP contribution < -0.4 is 21.3 Å². The first kappa shape index (κ1) is 32.9. The van der Waals surface area contributed by atoms with E-state index in [1.807, 2.05) is 0 Å². The number of aliphatic carboxylic acids is 3. The number of carbonyl (C=O) groups is 8. The van der Waals surface area contributed by atoms with E-state index < -0.39 is 110 Å². The van der Waals surface area contributed by atoms with Crippen LogP contribution in [0.5, 0.6) is 0 Å². The molecule has 0 aromatic carbocycles. The van der Waals surface area contributed by atoms with Gasteiger partial charge in [-0.3, -0.25) is 38.4 Å². The summed E-state index contributed by atoms with van der Waals surface area (Å²) in [6, 6.07) is -6.33. The van der Waals surface area contributed by atoms with Gasteiger partial charge in [0.2, 0.25) is 23.6 Å². The highest BCUT2D eigenvalue weighted by Crippen LogP contribution is 2.08. The van der Waals surface area contributed by atoms with Gasteiger partial charge in [-0.05, 0) is 12.3 Å². The number of carboxylic acids is 3. The van der Waals surface area contributed by atoms with Gasteiger partial charge in [0.1, 0.15) is 30.8 Å². The van der Waals surface area contributed by atoms with E-state index in [0.29, 0.717) is 0 Å². The van der Waals surface area contributed by atoms with Gasteiger partial charge in [-0.2, -0.15) is 0 Å². The molecule has 208 valence electrons. The molecule has 0 fully saturated rings. The van der Waals surface area contributed by atoms with Gasteiger partial charge in [-0.1, -0.05) is 13.8 Å². The lowest BCUT2D eigenvalue weighted by Gasteiger charge is -2.27. The van der Waals surface area contributed by atoms with E-state index in [0.717, 1.165) is 6.92 Å². The summed E-state index contributed by atoms with van der Waals surface area (Å²) in [6.07, 6.45) is -2.87. The van der Waals surface area contributed by atoms with Gasteiger partial charge in [0.25, 0.3) is 0 Å². The van der Waals surface area contributed by atoms with Crippen LogP contribution in [0, 0.1) is 5.92 Å². The first-order chi connectivity index (χ1) is 17.1. The Morgan fingerprint density at radius 2 is 1.16 bits per heavy atom. The molecule has 4 amide bonds. The number of carbonyl (C=O) groups excluding carboxylic acids is 5. The molecular formula is C21H31FN4O11. The molecular weight excluding hydrogens is 503 g/mol. The van der Waals surface area contributed by atoms with Crippen molar-refractivity contribution in [3.05, 3.63) is 0 Å². The third kappa shape index (κ3) is 13.0. The lowest BCUT2D eigenvalue weighted by Crippen LogP contribution is -2.59. The maximum atomic E-state index is 12.9. The zero-order valence-electron chi connectivity index (χ0n) is 20.4. The number of carboxylic acid groups (broad SMARTS) is 3. The normalized spacial score (nSPS) is 13.9. The molecule has 0 aromatic rings. The Balaban J connectivity index is 5.79. The second kappa shape index (κ2) is 15.8. The number of ketones is 1. The fourth-order valence-electron chi connectivity index (χ4n) is 3.00. The fourth-order valence-corrected chi connectivity index (χ4v) is 3.00. The van der Waals surface area contributed by atoms with E-state index in [2.05, 4.69) is 21.3 Å². The monoisotopic (exact) mass is 534 g/mol. The van der Waals surface area contributed by atoms with Gasteiger partial charge < -0.3 is 36.6 Å². The molecule has 0 radical (unpaired) electrons. The van der Waals surface area contributed by atoms with Gasteiger partial charge in [0.15, 0.2) is 5.78 Å². The lowest BCUT2D eigenvalue weighted by molar-refractivity contribution is -0.142. The molecule has 0 bridgehead atoms. The van der Waals surface area contributed by atoms with Crippen LogP contribution >= 0.6 is 0 Å². The van der Waals surface area contributed by atoms with Crippen LogP contribution in [0.1, 0.15) is 46.5 Å². The second-order valence-electron chi connectivity index (χ2n) is 8.33. The summed E-state index contributed by atoms with van der Waals surface area (Å²) in [4.78, 5) is 94.2. The summed E-state index contributed by atoms with van der Waals surface area (Å²) in [5, 5.41) is 35.4. The molecule has 0 rings (SSSR count). The summed E-state index contributed by atoms with van der Waals surface area (Å²) in [5.41, 5.74) is 0. The highest BCUT2D eigenvalue weighted by molar-refractivity contribution is 5.97. The van der Waals surface area contributed by atoms with Crippen molar-refractivity contribution in [1.29, 1.82) is 0 Å². The Kier molecular flexibility index (Phi) is 14.0. The lowest BCUT2D eigenvalue weighted by atomic mass is 10.0. The number of hydrogen-bond donors (Lipinski definition) is 7. The van der Waals surface area contributed by atoms with Gasteiger partial charge >= 0.3 is 17.9 Å². The number of Topliss-reactive ketones (excluding diaryl/α,β-unsaturated/α-hetero) is 1. The summed E-state index contributed by atoms with van der Waals surface area (Å²) < 4.78 is 12.8. The van der Waals surface area contributed by atoms with Crippen LogP contribution in [0.2, 0.25) is 0 Å². The maximum Gasteiger partial charge on any atom is 0.305 e. The average molecular weight is 534 g/mol. The third-order valence-electron chi connectivity index (χ3n) is 4.82. The first-order valence-electron chi connectivity index (χ1n) is 11.0. The number of rotatable bonds is 17. The fraction of sp³-hybridized carbons (Fsp3) is 0.619. The summed E-state index contributed by atoms with van der Waals surface area (Å²) >= 11 is 0. The van der Waals surface area contributed by atoms with Crippen molar-refractivity contribution in [2.45, 2.75) is 70.6 Å². The van der Waals surface area contributed by atoms with E-state index in [9.17, 15) is 42.7 Å². The first-order valence-corrected chi connectivity index (χ1v) is 11.0. The van der Waals surface area contributed by atoms with Crippen molar-refractivity contribution in [1.82, 2.24) is 21.3 Å². The number of amides is 4. The molecule has 0 aromatic heterocycles. The molecule has 0 aliphatic heterocycles. The average Bonchev–Trinajstić information content (AvgIpc) is 2.76. The van der Waals surface area contributed by atoms with Crippen molar-refractivity contribution in [3.8, 4) is 0 Å². The molecule has 0 heterocycles. The highest BCUT2D eigenvalue weighted by atomic mass is 19.1. The van der Waals surface area contributed by atoms with Gasteiger partial charge in [0, 0.05) is 13.3 Å². The quantitative estimate of drug-likeness (QED) is 0.107. The van der Waals surface area contributed by atoms with Crippen LogP contribution in [0.4, 0.5) is 4.39 Å². The number of alkyl halides is 1. The summed E-state index contributed by atoms with van der Waals surface area (Å²) in [5.74, 6) is -10.1. The second-order valence-corrected chi connectivity index (χ2v) is 8.33. The largest absolute Gasteiger partial charge is 0.481 e. The molecule has 0 saturated heterocycles. The smallest absolute Gasteiger partial charge is 0.305 e. The molecule has 0 unspecified atom stereocenters. The van der Waals surface area contributed by atoms with E-state index >= 15 is 0 Å². The van der Waals surface area contributed by atoms with Gasteiger partial charge in [-0.25, -0.2) is 4.39 Å². The number of hydrogen-bond acceptors (Lipinski definition) is 8. The summed E-state index contributed by atoms with van der Waals surface area (Å²) in [7, 11) is 0. The molecule has 7 N–H and O–H groups in total. The topological polar surface area (TPSA) is 245 Å². The minimum atomic E-state index is -1.72.